The van der Waals surface area contributed by atoms with Crippen molar-refractivity contribution in [1.82, 2.24) is 0 Å². The number of rotatable bonds is 4. The highest BCUT2D eigenvalue weighted by molar-refractivity contribution is 6.32. The summed E-state index contributed by atoms with van der Waals surface area (Å²) in [6, 6.07) is 5.32. The zero-order valence-corrected chi connectivity index (χ0v) is 9.38. The fourth-order valence-electron chi connectivity index (χ4n) is 1.25. The van der Waals surface area contributed by atoms with E-state index in [4.69, 9.17) is 26.8 Å². The van der Waals surface area contributed by atoms with Gasteiger partial charge in [0.25, 0.3) is 0 Å². The standard InChI is InChI=1S/C11H14ClNO2/c1-14-8-2-3-9(12)10(6-8)15-7-11(13)4-5-11/h2-3,6H,4-5,7,13H2,1H3. The number of methoxy groups -OCH3 is 1. The zero-order valence-electron chi connectivity index (χ0n) is 8.63. The summed E-state index contributed by atoms with van der Waals surface area (Å²) in [7, 11) is 1.61. The Kier molecular flexibility index (Phi) is 2.76. The summed E-state index contributed by atoms with van der Waals surface area (Å²) in [6.45, 7) is 0.514. The van der Waals surface area contributed by atoms with Crippen LogP contribution in [0.3, 0.4) is 0 Å². The third-order valence-corrected chi connectivity index (χ3v) is 2.86. The lowest BCUT2D eigenvalue weighted by atomic mass is 10.3. The Morgan fingerprint density at radius 3 is 2.80 bits per heavy atom. The molecule has 0 spiro atoms. The quantitative estimate of drug-likeness (QED) is 0.858. The van der Waals surface area contributed by atoms with Gasteiger partial charge in [0.15, 0.2) is 0 Å². The van der Waals surface area contributed by atoms with E-state index >= 15 is 0 Å². The number of benzene rings is 1. The average molecular weight is 228 g/mol. The first-order chi connectivity index (χ1) is 7.13. The second kappa shape index (κ2) is 3.91. The van der Waals surface area contributed by atoms with Gasteiger partial charge < -0.3 is 15.2 Å². The van der Waals surface area contributed by atoms with Crippen molar-refractivity contribution in [1.29, 1.82) is 0 Å². The third-order valence-electron chi connectivity index (χ3n) is 2.55. The molecule has 82 valence electrons. The van der Waals surface area contributed by atoms with Gasteiger partial charge in [0.1, 0.15) is 18.1 Å². The molecule has 1 saturated carbocycles. The molecule has 2 N–H and O–H groups in total. The van der Waals surface area contributed by atoms with Crippen LogP contribution in [0.25, 0.3) is 0 Å². The van der Waals surface area contributed by atoms with Gasteiger partial charge in [0.05, 0.1) is 17.7 Å². The molecule has 15 heavy (non-hydrogen) atoms. The lowest BCUT2D eigenvalue weighted by Gasteiger charge is -2.13. The zero-order chi connectivity index (χ0) is 10.9. The Bertz CT molecular complexity index is 364. The van der Waals surface area contributed by atoms with Crippen LogP contribution in [-0.2, 0) is 0 Å². The molecule has 0 heterocycles. The first-order valence-electron chi connectivity index (χ1n) is 4.88. The summed E-state index contributed by atoms with van der Waals surface area (Å²) in [6.07, 6.45) is 2.04. The van der Waals surface area contributed by atoms with Crippen molar-refractivity contribution in [2.45, 2.75) is 18.4 Å². The summed E-state index contributed by atoms with van der Waals surface area (Å²) in [4.78, 5) is 0. The van der Waals surface area contributed by atoms with Crippen molar-refractivity contribution in [3.05, 3.63) is 23.2 Å². The Labute approximate surface area is 94.1 Å². The molecular weight excluding hydrogens is 214 g/mol. The Morgan fingerprint density at radius 1 is 1.47 bits per heavy atom. The van der Waals surface area contributed by atoms with Crippen LogP contribution in [0.15, 0.2) is 18.2 Å². The van der Waals surface area contributed by atoms with Gasteiger partial charge in [-0.15, -0.1) is 0 Å². The number of ether oxygens (including phenoxy) is 2. The average Bonchev–Trinajstić information content (AvgIpc) is 2.96. The van der Waals surface area contributed by atoms with Crippen molar-refractivity contribution < 1.29 is 9.47 Å². The molecule has 1 aromatic carbocycles. The Morgan fingerprint density at radius 2 is 2.20 bits per heavy atom. The molecule has 0 saturated heterocycles. The largest absolute Gasteiger partial charge is 0.497 e. The summed E-state index contributed by atoms with van der Waals surface area (Å²) >= 11 is 5.98. The van der Waals surface area contributed by atoms with E-state index in [1.807, 2.05) is 0 Å². The molecule has 2 rings (SSSR count). The molecule has 0 aliphatic heterocycles. The maximum absolute atomic E-state index is 5.98. The first kappa shape index (κ1) is 10.6. The maximum atomic E-state index is 5.98. The topological polar surface area (TPSA) is 44.5 Å². The SMILES string of the molecule is COc1ccc(Cl)c(OCC2(N)CC2)c1. The van der Waals surface area contributed by atoms with E-state index in [1.54, 1.807) is 25.3 Å². The van der Waals surface area contributed by atoms with Crippen LogP contribution in [-0.4, -0.2) is 19.3 Å². The Hall–Kier alpha value is -0.930. The minimum absolute atomic E-state index is 0.133. The van der Waals surface area contributed by atoms with Crippen LogP contribution >= 0.6 is 11.6 Å². The molecule has 0 unspecified atom stereocenters. The van der Waals surface area contributed by atoms with Crippen molar-refractivity contribution in [2.24, 2.45) is 5.73 Å². The molecule has 3 nitrogen and oxygen atoms in total. The smallest absolute Gasteiger partial charge is 0.141 e. The van der Waals surface area contributed by atoms with Crippen LogP contribution < -0.4 is 15.2 Å². The van der Waals surface area contributed by atoms with Crippen LogP contribution in [0.5, 0.6) is 11.5 Å². The summed E-state index contributed by atoms with van der Waals surface area (Å²) < 4.78 is 10.7. The predicted octanol–water partition coefficient (Wildman–Crippen LogP) is 2.22. The van der Waals surface area contributed by atoms with E-state index in [0.717, 1.165) is 18.6 Å². The van der Waals surface area contributed by atoms with Gasteiger partial charge in [0.2, 0.25) is 0 Å². The summed E-state index contributed by atoms with van der Waals surface area (Å²) in [5, 5.41) is 0.583. The van der Waals surface area contributed by atoms with Gasteiger partial charge in [-0.3, -0.25) is 0 Å². The lowest BCUT2D eigenvalue weighted by Crippen LogP contribution is -2.29. The number of halogens is 1. The highest BCUT2D eigenvalue weighted by atomic mass is 35.5. The normalized spacial score (nSPS) is 17.3. The molecule has 0 aromatic heterocycles. The second-order valence-corrected chi connectivity index (χ2v) is 4.35. The molecule has 0 bridgehead atoms. The van der Waals surface area contributed by atoms with Gasteiger partial charge in [-0.05, 0) is 25.0 Å². The first-order valence-corrected chi connectivity index (χ1v) is 5.26. The lowest BCUT2D eigenvalue weighted by molar-refractivity contribution is 0.278. The van der Waals surface area contributed by atoms with Gasteiger partial charge in [0, 0.05) is 6.07 Å². The molecule has 1 aromatic rings. The highest BCUT2D eigenvalue weighted by Crippen LogP contribution is 2.35. The molecule has 0 amide bonds. The number of nitrogens with two attached hydrogens (primary N) is 1. The van der Waals surface area contributed by atoms with Crippen LogP contribution in [0.1, 0.15) is 12.8 Å². The van der Waals surface area contributed by atoms with Gasteiger partial charge in [-0.2, -0.15) is 0 Å². The van der Waals surface area contributed by atoms with E-state index in [0.29, 0.717) is 17.4 Å². The molecule has 1 fully saturated rings. The fraction of sp³-hybridized carbons (Fsp3) is 0.455. The minimum atomic E-state index is -0.133. The molecular formula is C11H14ClNO2. The Balaban J connectivity index is 2.05. The molecule has 1 aliphatic rings. The van der Waals surface area contributed by atoms with E-state index < -0.39 is 0 Å². The monoisotopic (exact) mass is 227 g/mol. The molecule has 0 atom stereocenters. The van der Waals surface area contributed by atoms with Crippen molar-refractivity contribution in [2.75, 3.05) is 13.7 Å². The van der Waals surface area contributed by atoms with Crippen LogP contribution in [0.2, 0.25) is 5.02 Å². The van der Waals surface area contributed by atoms with E-state index in [2.05, 4.69) is 0 Å². The van der Waals surface area contributed by atoms with Crippen LogP contribution in [0.4, 0.5) is 0 Å². The maximum Gasteiger partial charge on any atom is 0.141 e. The van der Waals surface area contributed by atoms with E-state index in [-0.39, 0.29) is 5.54 Å². The predicted molar refractivity (Wildman–Crippen MR) is 59.7 cm³/mol. The van der Waals surface area contributed by atoms with Crippen molar-refractivity contribution >= 4 is 11.6 Å². The van der Waals surface area contributed by atoms with E-state index in [9.17, 15) is 0 Å². The highest BCUT2D eigenvalue weighted by Gasteiger charge is 2.39. The van der Waals surface area contributed by atoms with Gasteiger partial charge in [-0.1, -0.05) is 11.6 Å². The number of hydrogen-bond donors (Lipinski definition) is 1. The molecule has 0 radical (unpaired) electrons. The third kappa shape index (κ3) is 2.55. The van der Waals surface area contributed by atoms with E-state index in [1.165, 1.54) is 0 Å². The minimum Gasteiger partial charge on any atom is -0.497 e. The molecule has 4 heteroatoms. The van der Waals surface area contributed by atoms with Crippen molar-refractivity contribution in [3.8, 4) is 11.5 Å². The van der Waals surface area contributed by atoms with Crippen molar-refractivity contribution in [3.63, 3.8) is 0 Å². The second-order valence-electron chi connectivity index (χ2n) is 3.95. The fourth-order valence-corrected chi connectivity index (χ4v) is 1.42. The number of hydrogen-bond acceptors (Lipinski definition) is 3. The summed E-state index contributed by atoms with van der Waals surface area (Å²) in [5.41, 5.74) is 5.78. The van der Waals surface area contributed by atoms with Crippen LogP contribution in [0, 0.1) is 0 Å². The molecule has 1 aliphatic carbocycles. The summed E-state index contributed by atoms with van der Waals surface area (Å²) in [5.74, 6) is 1.36. The van der Waals surface area contributed by atoms with Gasteiger partial charge >= 0.3 is 0 Å². The van der Waals surface area contributed by atoms with Gasteiger partial charge in [-0.25, -0.2) is 0 Å².